The largest absolute Gasteiger partial charge is 0.350 e. The Labute approximate surface area is 161 Å². The van der Waals surface area contributed by atoms with Gasteiger partial charge in [0.1, 0.15) is 6.33 Å². The van der Waals surface area contributed by atoms with E-state index >= 15 is 0 Å². The number of amides is 1. The third-order valence-corrected chi connectivity index (χ3v) is 6.07. The van der Waals surface area contributed by atoms with Crippen LogP contribution in [0.25, 0.3) is 5.69 Å². The molecular weight excluding hydrogens is 364 g/mol. The molecule has 1 amide bonds. The van der Waals surface area contributed by atoms with Crippen LogP contribution in [0.1, 0.15) is 35.8 Å². The Morgan fingerprint density at radius 2 is 2.04 bits per heavy atom. The first-order valence-electron chi connectivity index (χ1n) is 8.47. The zero-order chi connectivity index (χ0) is 18.5. The van der Waals surface area contributed by atoms with Crippen molar-refractivity contribution in [2.45, 2.75) is 38.4 Å². The first kappa shape index (κ1) is 18.7. The average Bonchev–Trinajstić information content (AvgIpc) is 3.27. The van der Waals surface area contributed by atoms with Crippen LogP contribution in [-0.2, 0) is 11.3 Å². The highest BCUT2D eigenvalue weighted by molar-refractivity contribution is 7.99. The average molecular weight is 387 g/mol. The fourth-order valence-electron chi connectivity index (χ4n) is 2.46. The zero-order valence-electron chi connectivity index (χ0n) is 15.1. The third-order valence-electron chi connectivity index (χ3n) is 4.10. The Morgan fingerprint density at radius 1 is 1.27 bits per heavy atom. The smallest absolute Gasteiger partial charge is 0.230 e. The molecule has 3 rings (SSSR count). The van der Waals surface area contributed by atoms with Gasteiger partial charge in [-0.1, -0.05) is 37.7 Å². The summed E-state index contributed by atoms with van der Waals surface area (Å²) in [5.74, 6) is 0.801. The van der Waals surface area contributed by atoms with Crippen LogP contribution in [-0.4, -0.2) is 26.4 Å². The SMILES string of the molecule is Cc1ccsc1CNC(=O)CSc1nncn1-c1ccc(C(C)C)cc1. The monoisotopic (exact) mass is 386 g/mol. The first-order chi connectivity index (χ1) is 12.5. The fourth-order valence-corrected chi connectivity index (χ4v) is 4.07. The van der Waals surface area contributed by atoms with Gasteiger partial charge in [-0.25, -0.2) is 0 Å². The van der Waals surface area contributed by atoms with Crippen LogP contribution in [0.2, 0.25) is 0 Å². The lowest BCUT2D eigenvalue weighted by atomic mass is 10.0. The Hall–Kier alpha value is -2.12. The highest BCUT2D eigenvalue weighted by Crippen LogP contribution is 2.22. The maximum absolute atomic E-state index is 12.1. The molecule has 7 heteroatoms. The van der Waals surface area contributed by atoms with Crippen LogP contribution < -0.4 is 5.32 Å². The Kier molecular flexibility index (Phi) is 6.11. The van der Waals surface area contributed by atoms with E-state index in [1.54, 1.807) is 17.7 Å². The molecule has 2 aromatic heterocycles. The maximum atomic E-state index is 12.1. The molecule has 0 bridgehead atoms. The number of carbonyl (C=O) groups excluding carboxylic acids is 1. The molecule has 3 aromatic rings. The molecular formula is C19H22N4OS2. The van der Waals surface area contributed by atoms with Gasteiger partial charge in [-0.3, -0.25) is 9.36 Å². The molecule has 5 nitrogen and oxygen atoms in total. The number of hydrogen-bond donors (Lipinski definition) is 1. The van der Waals surface area contributed by atoms with E-state index in [9.17, 15) is 4.79 Å². The van der Waals surface area contributed by atoms with Crippen molar-refractivity contribution in [2.24, 2.45) is 0 Å². The number of nitrogens with one attached hydrogen (secondary N) is 1. The molecule has 0 saturated heterocycles. The summed E-state index contributed by atoms with van der Waals surface area (Å²) < 4.78 is 1.91. The van der Waals surface area contributed by atoms with E-state index in [1.807, 2.05) is 9.95 Å². The molecule has 1 N–H and O–H groups in total. The summed E-state index contributed by atoms with van der Waals surface area (Å²) in [5.41, 5.74) is 3.50. The lowest BCUT2D eigenvalue weighted by Gasteiger charge is -2.09. The minimum atomic E-state index is -0.00694. The number of thioether (sulfide) groups is 1. The van der Waals surface area contributed by atoms with Crippen LogP contribution in [0.5, 0.6) is 0 Å². The van der Waals surface area contributed by atoms with Gasteiger partial charge in [-0.15, -0.1) is 21.5 Å². The second kappa shape index (κ2) is 8.51. The van der Waals surface area contributed by atoms with E-state index in [4.69, 9.17) is 0 Å². The van der Waals surface area contributed by atoms with Crippen molar-refractivity contribution >= 4 is 29.0 Å². The molecule has 0 aliphatic rings. The molecule has 0 unspecified atom stereocenters. The van der Waals surface area contributed by atoms with Crippen LogP contribution >= 0.6 is 23.1 Å². The minimum absolute atomic E-state index is 0.00694. The number of carbonyl (C=O) groups is 1. The molecule has 0 atom stereocenters. The lowest BCUT2D eigenvalue weighted by Crippen LogP contribution is -2.24. The van der Waals surface area contributed by atoms with Gasteiger partial charge >= 0.3 is 0 Å². The van der Waals surface area contributed by atoms with E-state index < -0.39 is 0 Å². The van der Waals surface area contributed by atoms with Gasteiger partial charge in [0, 0.05) is 10.6 Å². The molecule has 1 aromatic carbocycles. The maximum Gasteiger partial charge on any atom is 0.230 e. The van der Waals surface area contributed by atoms with E-state index in [0.717, 1.165) is 5.69 Å². The molecule has 0 spiro atoms. The van der Waals surface area contributed by atoms with Gasteiger partial charge in [-0.05, 0) is 47.5 Å². The second-order valence-corrected chi connectivity index (χ2v) is 8.27. The summed E-state index contributed by atoms with van der Waals surface area (Å²) in [4.78, 5) is 13.3. The summed E-state index contributed by atoms with van der Waals surface area (Å²) in [6, 6.07) is 10.4. The van der Waals surface area contributed by atoms with Crippen LogP contribution in [0.15, 0.2) is 47.2 Å². The van der Waals surface area contributed by atoms with Crippen LogP contribution in [0.3, 0.4) is 0 Å². The standard InChI is InChI=1S/C19H22N4OS2/c1-13(2)15-4-6-16(7-5-15)23-12-21-22-19(23)26-11-18(24)20-10-17-14(3)8-9-25-17/h4-9,12-13H,10-11H2,1-3H3,(H,20,24). The van der Waals surface area contributed by atoms with Gasteiger partial charge < -0.3 is 5.32 Å². The van der Waals surface area contributed by atoms with Crippen molar-refractivity contribution in [1.82, 2.24) is 20.1 Å². The van der Waals surface area contributed by atoms with Crippen molar-refractivity contribution in [2.75, 3.05) is 5.75 Å². The Bertz CT molecular complexity index is 868. The van der Waals surface area contributed by atoms with Crippen LogP contribution in [0.4, 0.5) is 0 Å². The Morgan fingerprint density at radius 3 is 2.69 bits per heavy atom. The number of benzene rings is 1. The van der Waals surface area contributed by atoms with Gasteiger partial charge in [0.25, 0.3) is 0 Å². The quantitative estimate of drug-likeness (QED) is 0.619. The molecule has 26 heavy (non-hydrogen) atoms. The van der Waals surface area contributed by atoms with Crippen molar-refractivity contribution in [3.05, 3.63) is 58.0 Å². The minimum Gasteiger partial charge on any atom is -0.350 e. The highest BCUT2D eigenvalue weighted by Gasteiger charge is 2.11. The predicted octanol–water partition coefficient (Wildman–Crippen LogP) is 4.17. The first-order valence-corrected chi connectivity index (χ1v) is 10.3. The van der Waals surface area contributed by atoms with E-state index in [-0.39, 0.29) is 5.91 Å². The normalized spacial score (nSPS) is 11.1. The zero-order valence-corrected chi connectivity index (χ0v) is 16.7. The molecule has 0 aliphatic carbocycles. The fraction of sp³-hybridized carbons (Fsp3) is 0.316. The second-order valence-electron chi connectivity index (χ2n) is 6.32. The van der Waals surface area contributed by atoms with Crippen LogP contribution in [0, 0.1) is 6.92 Å². The third kappa shape index (κ3) is 4.53. The number of aryl methyl sites for hydroxylation is 1. The predicted molar refractivity (Wildman–Crippen MR) is 107 cm³/mol. The van der Waals surface area contributed by atoms with Gasteiger partial charge in [0.15, 0.2) is 5.16 Å². The lowest BCUT2D eigenvalue weighted by molar-refractivity contribution is -0.118. The summed E-state index contributed by atoms with van der Waals surface area (Å²) in [6.45, 7) is 6.97. The number of aromatic nitrogens is 3. The van der Waals surface area contributed by atoms with Crippen molar-refractivity contribution in [1.29, 1.82) is 0 Å². The Balaban J connectivity index is 1.58. The number of nitrogens with zero attached hydrogens (tertiary/aromatic N) is 3. The molecule has 136 valence electrons. The van der Waals surface area contributed by atoms with E-state index in [1.165, 1.54) is 27.8 Å². The molecule has 0 fully saturated rings. The molecule has 2 heterocycles. The molecule has 0 saturated carbocycles. The van der Waals surface area contributed by atoms with Gasteiger partial charge in [-0.2, -0.15) is 0 Å². The van der Waals surface area contributed by atoms with Crippen molar-refractivity contribution in [3.63, 3.8) is 0 Å². The number of thiophene rings is 1. The molecule has 0 radical (unpaired) electrons. The summed E-state index contributed by atoms with van der Waals surface area (Å²) >= 11 is 3.05. The topological polar surface area (TPSA) is 59.8 Å². The van der Waals surface area contributed by atoms with E-state index in [2.05, 4.69) is 66.6 Å². The highest BCUT2D eigenvalue weighted by atomic mass is 32.2. The number of rotatable bonds is 7. The molecule has 0 aliphatic heterocycles. The van der Waals surface area contributed by atoms with Gasteiger partial charge in [0.05, 0.1) is 12.3 Å². The van der Waals surface area contributed by atoms with E-state index in [0.29, 0.717) is 23.4 Å². The summed E-state index contributed by atoms with van der Waals surface area (Å²) in [6.07, 6.45) is 1.68. The summed E-state index contributed by atoms with van der Waals surface area (Å²) in [7, 11) is 0. The summed E-state index contributed by atoms with van der Waals surface area (Å²) in [5, 5.41) is 13.9. The number of hydrogen-bond acceptors (Lipinski definition) is 5. The van der Waals surface area contributed by atoms with Crippen molar-refractivity contribution in [3.8, 4) is 5.69 Å². The van der Waals surface area contributed by atoms with Crippen molar-refractivity contribution < 1.29 is 4.79 Å². The van der Waals surface area contributed by atoms with Gasteiger partial charge in [0.2, 0.25) is 5.91 Å².